The molecule has 0 radical (unpaired) electrons. The normalized spacial score (nSPS) is 18.0. The van der Waals surface area contributed by atoms with E-state index in [1.807, 2.05) is 48.3 Å². The van der Waals surface area contributed by atoms with Crippen molar-refractivity contribution in [2.45, 2.75) is 51.0 Å². The molecule has 2 atom stereocenters. The molecule has 6 nitrogen and oxygen atoms in total. The van der Waals surface area contributed by atoms with Crippen molar-refractivity contribution in [1.82, 2.24) is 15.1 Å². The van der Waals surface area contributed by atoms with Crippen LogP contribution in [0.2, 0.25) is 0 Å². The fourth-order valence-corrected chi connectivity index (χ4v) is 4.19. The summed E-state index contributed by atoms with van der Waals surface area (Å²) < 4.78 is 5.81. The molecule has 1 heterocycles. The van der Waals surface area contributed by atoms with Gasteiger partial charge in [0.2, 0.25) is 11.8 Å². The Morgan fingerprint density at radius 1 is 1.10 bits per heavy atom. The van der Waals surface area contributed by atoms with E-state index in [4.69, 9.17) is 9.68 Å². The van der Waals surface area contributed by atoms with Crippen molar-refractivity contribution >= 4 is 5.91 Å². The lowest BCUT2D eigenvalue weighted by Crippen LogP contribution is -2.35. The number of aromatic nitrogens is 2. The number of hydrogen-bond donors (Lipinski definition) is 0. The van der Waals surface area contributed by atoms with E-state index in [0.29, 0.717) is 22.9 Å². The van der Waals surface area contributed by atoms with Crippen molar-refractivity contribution < 1.29 is 9.21 Å². The molecule has 4 rings (SSSR count). The molecule has 0 unspecified atom stereocenters. The van der Waals surface area contributed by atoms with E-state index in [2.05, 4.69) is 23.2 Å². The highest BCUT2D eigenvalue weighted by atomic mass is 16.4. The number of rotatable bonds is 6. The standard InChI is InChI=1S/C25H26N4O2/c1-3-4-23-27-28-24(31-23)21-13-14-22(15-21)29(2)25(30)20-11-9-19(10-12-20)18-7-5-17(16-26)6-8-18/h5-12,21-22H,3-4,13-15H2,1-2H3/t21-,22+/m0/s1. The lowest BCUT2D eigenvalue weighted by molar-refractivity contribution is 0.0733. The molecule has 158 valence electrons. The van der Waals surface area contributed by atoms with E-state index in [1.165, 1.54) is 0 Å². The Kier molecular flexibility index (Phi) is 6.13. The van der Waals surface area contributed by atoms with Gasteiger partial charge in [0.05, 0.1) is 11.6 Å². The number of nitrogens with zero attached hydrogens (tertiary/aromatic N) is 4. The number of amides is 1. The third-order valence-corrected chi connectivity index (χ3v) is 6.05. The van der Waals surface area contributed by atoms with Gasteiger partial charge in [0, 0.05) is 31.0 Å². The summed E-state index contributed by atoms with van der Waals surface area (Å²) in [6.07, 6.45) is 4.52. The number of aryl methyl sites for hydroxylation is 1. The number of carbonyl (C=O) groups is 1. The quantitative estimate of drug-likeness (QED) is 0.569. The van der Waals surface area contributed by atoms with Crippen molar-refractivity contribution in [3.05, 3.63) is 71.4 Å². The maximum Gasteiger partial charge on any atom is 0.253 e. The van der Waals surface area contributed by atoms with Crippen LogP contribution in [-0.4, -0.2) is 34.1 Å². The Bertz CT molecular complexity index is 1080. The van der Waals surface area contributed by atoms with E-state index in [9.17, 15) is 4.79 Å². The third kappa shape index (κ3) is 4.51. The average molecular weight is 415 g/mol. The second-order valence-electron chi connectivity index (χ2n) is 8.13. The molecule has 31 heavy (non-hydrogen) atoms. The summed E-state index contributed by atoms with van der Waals surface area (Å²) in [5.74, 6) is 1.65. The fourth-order valence-electron chi connectivity index (χ4n) is 4.19. The van der Waals surface area contributed by atoms with Gasteiger partial charge in [-0.05, 0) is 61.1 Å². The zero-order valence-corrected chi connectivity index (χ0v) is 17.9. The largest absolute Gasteiger partial charge is 0.425 e. The fraction of sp³-hybridized carbons (Fsp3) is 0.360. The monoisotopic (exact) mass is 414 g/mol. The van der Waals surface area contributed by atoms with Gasteiger partial charge in [-0.15, -0.1) is 10.2 Å². The average Bonchev–Trinajstić information content (AvgIpc) is 3.48. The minimum Gasteiger partial charge on any atom is -0.425 e. The summed E-state index contributed by atoms with van der Waals surface area (Å²) in [7, 11) is 1.88. The highest BCUT2D eigenvalue weighted by Crippen LogP contribution is 2.36. The first-order valence-electron chi connectivity index (χ1n) is 10.8. The minimum absolute atomic E-state index is 0.0224. The van der Waals surface area contributed by atoms with Gasteiger partial charge < -0.3 is 9.32 Å². The smallest absolute Gasteiger partial charge is 0.253 e. The topological polar surface area (TPSA) is 83.0 Å². The Labute approximate surface area is 182 Å². The highest BCUT2D eigenvalue weighted by Gasteiger charge is 2.33. The van der Waals surface area contributed by atoms with Crippen LogP contribution in [0.1, 0.15) is 66.2 Å². The molecule has 1 aliphatic carbocycles. The lowest BCUT2D eigenvalue weighted by atomic mass is 10.0. The molecular weight excluding hydrogens is 388 g/mol. The van der Waals surface area contributed by atoms with Crippen LogP contribution in [-0.2, 0) is 6.42 Å². The van der Waals surface area contributed by atoms with Crippen LogP contribution in [0.15, 0.2) is 52.9 Å². The first-order chi connectivity index (χ1) is 15.1. The molecule has 3 aromatic rings. The van der Waals surface area contributed by atoms with Crippen LogP contribution in [0.5, 0.6) is 0 Å². The van der Waals surface area contributed by atoms with E-state index >= 15 is 0 Å². The summed E-state index contributed by atoms with van der Waals surface area (Å²) in [5, 5.41) is 17.3. The van der Waals surface area contributed by atoms with Crippen LogP contribution in [0.4, 0.5) is 0 Å². The molecular formula is C25H26N4O2. The van der Waals surface area contributed by atoms with Gasteiger partial charge in [-0.3, -0.25) is 4.79 Å². The number of nitriles is 1. The van der Waals surface area contributed by atoms with Crippen molar-refractivity contribution in [2.24, 2.45) is 0 Å². The molecule has 1 saturated carbocycles. The summed E-state index contributed by atoms with van der Waals surface area (Å²) in [4.78, 5) is 14.9. The minimum atomic E-state index is 0.0224. The molecule has 1 aromatic heterocycles. The lowest BCUT2D eigenvalue weighted by Gasteiger charge is -2.24. The molecule has 0 spiro atoms. The van der Waals surface area contributed by atoms with Gasteiger partial charge in [-0.2, -0.15) is 5.26 Å². The van der Waals surface area contributed by atoms with Crippen LogP contribution < -0.4 is 0 Å². The Morgan fingerprint density at radius 2 is 1.77 bits per heavy atom. The van der Waals surface area contributed by atoms with E-state index in [0.717, 1.165) is 43.2 Å². The van der Waals surface area contributed by atoms with Gasteiger partial charge in [0.25, 0.3) is 5.91 Å². The Balaban J connectivity index is 1.40. The summed E-state index contributed by atoms with van der Waals surface area (Å²) >= 11 is 0. The van der Waals surface area contributed by atoms with Gasteiger partial charge in [0.1, 0.15) is 0 Å². The second-order valence-corrected chi connectivity index (χ2v) is 8.13. The van der Waals surface area contributed by atoms with Crippen molar-refractivity contribution in [1.29, 1.82) is 5.26 Å². The molecule has 0 N–H and O–H groups in total. The first kappa shape index (κ1) is 20.8. The maximum atomic E-state index is 13.0. The van der Waals surface area contributed by atoms with Crippen molar-refractivity contribution in [3.63, 3.8) is 0 Å². The van der Waals surface area contributed by atoms with Gasteiger partial charge in [0.15, 0.2) is 0 Å². The summed E-state index contributed by atoms with van der Waals surface area (Å²) in [6.45, 7) is 2.09. The predicted molar refractivity (Wildman–Crippen MR) is 117 cm³/mol. The molecule has 0 saturated heterocycles. The van der Waals surface area contributed by atoms with E-state index in [1.54, 1.807) is 12.1 Å². The zero-order valence-electron chi connectivity index (χ0n) is 17.9. The van der Waals surface area contributed by atoms with E-state index < -0.39 is 0 Å². The van der Waals surface area contributed by atoms with Gasteiger partial charge >= 0.3 is 0 Å². The van der Waals surface area contributed by atoms with Gasteiger partial charge in [-0.1, -0.05) is 31.2 Å². The first-order valence-corrected chi connectivity index (χ1v) is 10.8. The molecule has 0 aliphatic heterocycles. The van der Waals surface area contributed by atoms with Crippen molar-refractivity contribution in [3.8, 4) is 17.2 Å². The Hall–Kier alpha value is -3.46. The number of hydrogen-bond acceptors (Lipinski definition) is 5. The van der Waals surface area contributed by atoms with Crippen LogP contribution in [0.25, 0.3) is 11.1 Å². The molecule has 1 aliphatic rings. The Morgan fingerprint density at radius 3 is 2.42 bits per heavy atom. The van der Waals surface area contributed by atoms with Crippen LogP contribution in [0.3, 0.4) is 0 Å². The third-order valence-electron chi connectivity index (χ3n) is 6.05. The van der Waals surface area contributed by atoms with Crippen molar-refractivity contribution in [2.75, 3.05) is 7.05 Å². The molecule has 1 amide bonds. The van der Waals surface area contributed by atoms with Crippen LogP contribution >= 0.6 is 0 Å². The number of carbonyl (C=O) groups excluding carboxylic acids is 1. The van der Waals surface area contributed by atoms with Gasteiger partial charge in [-0.25, -0.2) is 0 Å². The maximum absolute atomic E-state index is 13.0. The highest BCUT2D eigenvalue weighted by molar-refractivity contribution is 5.94. The summed E-state index contributed by atoms with van der Waals surface area (Å²) in [6, 6.07) is 17.4. The molecule has 2 aromatic carbocycles. The zero-order chi connectivity index (χ0) is 21.8. The second kappa shape index (κ2) is 9.13. The SMILES string of the molecule is CCCc1nnc([C@H]2CC[C@@H](N(C)C(=O)c3ccc(-c4ccc(C#N)cc4)cc3)C2)o1. The predicted octanol–water partition coefficient (Wildman–Crippen LogP) is 4.97. The molecule has 1 fully saturated rings. The number of benzene rings is 2. The molecule has 6 heteroatoms. The molecule has 0 bridgehead atoms. The summed E-state index contributed by atoms with van der Waals surface area (Å²) in [5.41, 5.74) is 3.34. The van der Waals surface area contributed by atoms with E-state index in [-0.39, 0.29) is 17.9 Å². The van der Waals surface area contributed by atoms with Crippen LogP contribution in [0, 0.1) is 11.3 Å².